The van der Waals surface area contributed by atoms with Crippen LogP contribution >= 0.6 is 11.8 Å². The van der Waals surface area contributed by atoms with Gasteiger partial charge >= 0.3 is 0 Å². The van der Waals surface area contributed by atoms with E-state index in [-0.39, 0.29) is 0 Å². The molecule has 0 aliphatic rings. The van der Waals surface area contributed by atoms with Crippen LogP contribution in [0.3, 0.4) is 0 Å². The van der Waals surface area contributed by atoms with Crippen molar-refractivity contribution in [2.24, 2.45) is 0 Å². The maximum atomic E-state index is 8.41. The number of rotatable bonds is 4. The SMILES string of the molecule is Cc1cccc(-c2noc(CSCC#N)n2)n1. The first-order valence-electron chi connectivity index (χ1n) is 5.01. The van der Waals surface area contributed by atoms with Crippen molar-refractivity contribution in [1.82, 2.24) is 15.1 Å². The molecule has 0 amide bonds. The standard InChI is InChI=1S/C11H10N4OS/c1-8-3-2-4-9(13-8)11-14-10(16-15-11)7-17-6-5-12/h2-4H,6-7H2,1H3. The average Bonchev–Trinajstić information content (AvgIpc) is 2.78. The minimum absolute atomic E-state index is 0.417. The number of hydrogen-bond donors (Lipinski definition) is 0. The van der Waals surface area contributed by atoms with Gasteiger partial charge in [0.15, 0.2) is 0 Å². The van der Waals surface area contributed by atoms with Gasteiger partial charge < -0.3 is 4.52 Å². The molecule has 0 aromatic carbocycles. The molecule has 2 rings (SSSR count). The number of aromatic nitrogens is 3. The van der Waals surface area contributed by atoms with Crippen molar-refractivity contribution >= 4 is 11.8 Å². The number of hydrogen-bond acceptors (Lipinski definition) is 6. The number of nitrogens with zero attached hydrogens (tertiary/aromatic N) is 4. The molecule has 0 atom stereocenters. The summed E-state index contributed by atoms with van der Waals surface area (Å²) in [7, 11) is 0. The fourth-order valence-electron chi connectivity index (χ4n) is 1.27. The molecule has 0 saturated heterocycles. The van der Waals surface area contributed by atoms with E-state index in [9.17, 15) is 0 Å². The van der Waals surface area contributed by atoms with E-state index in [1.54, 1.807) is 0 Å². The van der Waals surface area contributed by atoms with Crippen molar-refractivity contribution in [2.75, 3.05) is 5.75 Å². The van der Waals surface area contributed by atoms with Crippen molar-refractivity contribution in [3.63, 3.8) is 0 Å². The van der Waals surface area contributed by atoms with E-state index in [0.29, 0.717) is 28.9 Å². The summed E-state index contributed by atoms with van der Waals surface area (Å²) in [5.74, 6) is 1.97. The van der Waals surface area contributed by atoms with E-state index in [4.69, 9.17) is 9.78 Å². The Morgan fingerprint density at radius 3 is 3.06 bits per heavy atom. The highest BCUT2D eigenvalue weighted by Crippen LogP contribution is 2.16. The van der Waals surface area contributed by atoms with Crippen molar-refractivity contribution < 1.29 is 4.52 Å². The van der Waals surface area contributed by atoms with E-state index in [1.165, 1.54) is 11.8 Å². The number of pyridine rings is 1. The van der Waals surface area contributed by atoms with E-state index >= 15 is 0 Å². The highest BCUT2D eigenvalue weighted by Gasteiger charge is 2.09. The molecule has 0 radical (unpaired) electrons. The van der Waals surface area contributed by atoms with Crippen molar-refractivity contribution in [3.05, 3.63) is 29.8 Å². The Morgan fingerprint density at radius 2 is 2.29 bits per heavy atom. The molecule has 0 bridgehead atoms. The molecular weight excluding hydrogens is 236 g/mol. The quantitative estimate of drug-likeness (QED) is 0.770. The van der Waals surface area contributed by atoms with Gasteiger partial charge in [-0.1, -0.05) is 11.2 Å². The summed E-state index contributed by atoms with van der Waals surface area (Å²) in [6.07, 6.45) is 0. The summed E-state index contributed by atoms with van der Waals surface area (Å²) in [6.45, 7) is 1.91. The molecule has 0 aliphatic heterocycles. The number of aryl methyl sites for hydroxylation is 1. The van der Waals surface area contributed by atoms with Gasteiger partial charge in [0.2, 0.25) is 11.7 Å². The first-order chi connectivity index (χ1) is 8.29. The number of thioether (sulfide) groups is 1. The molecule has 2 aromatic heterocycles. The fourth-order valence-corrected chi connectivity index (χ4v) is 1.75. The minimum atomic E-state index is 0.417. The molecule has 0 saturated carbocycles. The Balaban J connectivity index is 2.10. The van der Waals surface area contributed by atoms with Crippen LogP contribution < -0.4 is 0 Å². The third kappa shape index (κ3) is 3.04. The number of nitriles is 1. The predicted molar refractivity (Wildman–Crippen MR) is 64.0 cm³/mol. The van der Waals surface area contributed by atoms with Gasteiger partial charge in [-0.3, -0.25) is 0 Å². The summed E-state index contributed by atoms with van der Waals surface area (Å²) in [6, 6.07) is 7.69. The van der Waals surface area contributed by atoms with Crippen LogP contribution in [0.4, 0.5) is 0 Å². The van der Waals surface area contributed by atoms with Crippen molar-refractivity contribution in [3.8, 4) is 17.6 Å². The van der Waals surface area contributed by atoms with Gasteiger partial charge in [-0.25, -0.2) is 4.98 Å². The van der Waals surface area contributed by atoms with Gasteiger partial charge in [-0.15, -0.1) is 11.8 Å². The third-order valence-electron chi connectivity index (χ3n) is 1.98. The maximum Gasteiger partial charge on any atom is 0.237 e. The Bertz CT molecular complexity index is 546. The largest absolute Gasteiger partial charge is 0.338 e. The maximum absolute atomic E-state index is 8.41. The van der Waals surface area contributed by atoms with E-state index in [0.717, 1.165) is 5.69 Å². The minimum Gasteiger partial charge on any atom is -0.338 e. The average molecular weight is 246 g/mol. The molecule has 0 spiro atoms. The van der Waals surface area contributed by atoms with Crippen LogP contribution in [0.1, 0.15) is 11.6 Å². The van der Waals surface area contributed by atoms with Gasteiger partial charge in [0, 0.05) is 5.69 Å². The highest BCUT2D eigenvalue weighted by atomic mass is 32.2. The van der Waals surface area contributed by atoms with Crippen LogP contribution in [-0.4, -0.2) is 20.9 Å². The predicted octanol–water partition coefficient (Wildman–Crippen LogP) is 2.20. The summed E-state index contributed by atoms with van der Waals surface area (Å²) in [5.41, 5.74) is 1.61. The molecule has 2 aromatic rings. The second kappa shape index (κ2) is 5.46. The Labute approximate surface area is 103 Å². The van der Waals surface area contributed by atoms with Crippen molar-refractivity contribution in [2.45, 2.75) is 12.7 Å². The van der Waals surface area contributed by atoms with Gasteiger partial charge in [0.25, 0.3) is 0 Å². The van der Waals surface area contributed by atoms with Crippen LogP contribution in [0.5, 0.6) is 0 Å². The molecular formula is C11H10N4OS. The lowest BCUT2D eigenvalue weighted by Gasteiger charge is -1.94. The molecule has 86 valence electrons. The Morgan fingerprint density at radius 1 is 1.41 bits per heavy atom. The normalized spacial score (nSPS) is 10.1. The molecule has 6 heteroatoms. The first kappa shape index (κ1) is 11.6. The monoisotopic (exact) mass is 246 g/mol. The molecule has 0 unspecified atom stereocenters. The summed E-state index contributed by atoms with van der Waals surface area (Å²) in [4.78, 5) is 8.53. The van der Waals surface area contributed by atoms with Crippen LogP contribution in [0.2, 0.25) is 0 Å². The molecule has 0 aliphatic carbocycles. The van der Waals surface area contributed by atoms with E-state index in [1.807, 2.05) is 31.2 Å². The molecule has 0 fully saturated rings. The zero-order valence-electron chi connectivity index (χ0n) is 9.25. The molecule has 0 N–H and O–H groups in total. The smallest absolute Gasteiger partial charge is 0.237 e. The summed E-state index contributed by atoms with van der Waals surface area (Å²) in [5, 5.41) is 12.3. The van der Waals surface area contributed by atoms with Crippen LogP contribution in [0.25, 0.3) is 11.5 Å². The Hall–Kier alpha value is -1.87. The first-order valence-corrected chi connectivity index (χ1v) is 6.16. The third-order valence-corrected chi connectivity index (χ3v) is 2.76. The topological polar surface area (TPSA) is 75.6 Å². The lowest BCUT2D eigenvalue weighted by atomic mass is 10.3. The van der Waals surface area contributed by atoms with Gasteiger partial charge in [0.1, 0.15) is 5.69 Å². The highest BCUT2D eigenvalue weighted by molar-refractivity contribution is 7.98. The van der Waals surface area contributed by atoms with Gasteiger partial charge in [-0.05, 0) is 19.1 Å². The van der Waals surface area contributed by atoms with Gasteiger partial charge in [0.05, 0.1) is 17.6 Å². The van der Waals surface area contributed by atoms with Gasteiger partial charge in [-0.2, -0.15) is 10.2 Å². The second-order valence-corrected chi connectivity index (χ2v) is 4.31. The molecule has 5 nitrogen and oxygen atoms in total. The zero-order chi connectivity index (χ0) is 12.1. The van der Waals surface area contributed by atoms with Crippen LogP contribution in [0.15, 0.2) is 22.7 Å². The van der Waals surface area contributed by atoms with Crippen LogP contribution in [0, 0.1) is 18.3 Å². The molecule has 2 heterocycles. The van der Waals surface area contributed by atoms with Crippen LogP contribution in [-0.2, 0) is 5.75 Å². The second-order valence-electron chi connectivity index (χ2n) is 3.33. The zero-order valence-corrected chi connectivity index (χ0v) is 10.1. The lowest BCUT2D eigenvalue weighted by Crippen LogP contribution is -1.88. The fraction of sp³-hybridized carbons (Fsp3) is 0.273. The summed E-state index contributed by atoms with van der Waals surface area (Å²) >= 11 is 1.44. The Kier molecular flexibility index (Phi) is 3.73. The van der Waals surface area contributed by atoms with Crippen molar-refractivity contribution in [1.29, 1.82) is 5.26 Å². The lowest BCUT2D eigenvalue weighted by molar-refractivity contribution is 0.391. The summed E-state index contributed by atoms with van der Waals surface area (Å²) < 4.78 is 5.07. The van der Waals surface area contributed by atoms with E-state index in [2.05, 4.69) is 15.1 Å². The molecule has 17 heavy (non-hydrogen) atoms. The van der Waals surface area contributed by atoms with E-state index < -0.39 is 0 Å².